The molecular weight excluding hydrogens is 593 g/mol. The van der Waals surface area contributed by atoms with Gasteiger partial charge in [0.1, 0.15) is 11.2 Å². The van der Waals surface area contributed by atoms with Gasteiger partial charge in [0.05, 0.1) is 28.0 Å². The standard InChI is InChI=1S/C43H26N2OS/c1-2-10-27(11-3-1)33-26-35(44-43-32(33)22-23-38-42(43)34-24-29-12-4-5-13-30(29)25-39(34)46-38)28-18-20-31(21-19-28)45-36-14-6-8-16-40(36)47-41-17-9-7-15-37(41)45/h1-26H. The van der Waals surface area contributed by atoms with Crippen LogP contribution >= 0.6 is 11.8 Å². The Morgan fingerprint density at radius 3 is 1.91 bits per heavy atom. The molecule has 3 nitrogen and oxygen atoms in total. The summed E-state index contributed by atoms with van der Waals surface area (Å²) in [5.74, 6) is 0. The van der Waals surface area contributed by atoms with E-state index in [4.69, 9.17) is 9.40 Å². The van der Waals surface area contributed by atoms with Crippen LogP contribution in [-0.2, 0) is 0 Å². The van der Waals surface area contributed by atoms with Crippen molar-refractivity contribution in [2.24, 2.45) is 0 Å². The van der Waals surface area contributed by atoms with Crippen LogP contribution < -0.4 is 4.90 Å². The van der Waals surface area contributed by atoms with Gasteiger partial charge in [0.15, 0.2) is 0 Å². The lowest BCUT2D eigenvalue weighted by Crippen LogP contribution is -2.14. The zero-order valence-corrected chi connectivity index (χ0v) is 26.0. The van der Waals surface area contributed by atoms with Crippen LogP contribution in [0.25, 0.3) is 66.0 Å². The Labute approximate surface area is 275 Å². The molecule has 0 aliphatic carbocycles. The van der Waals surface area contributed by atoms with Gasteiger partial charge in [-0.05, 0) is 88.6 Å². The number of anilines is 3. The van der Waals surface area contributed by atoms with Gasteiger partial charge in [0, 0.05) is 31.8 Å². The minimum atomic E-state index is 0.849. The fraction of sp³-hybridized carbons (Fsp3) is 0. The van der Waals surface area contributed by atoms with E-state index in [1.807, 2.05) is 11.8 Å². The number of hydrogen-bond acceptors (Lipinski definition) is 4. The Morgan fingerprint density at radius 1 is 0.511 bits per heavy atom. The third-order valence-electron chi connectivity index (χ3n) is 9.22. The van der Waals surface area contributed by atoms with Gasteiger partial charge in [-0.1, -0.05) is 103 Å². The molecule has 220 valence electrons. The summed E-state index contributed by atoms with van der Waals surface area (Å²) in [7, 11) is 0. The SMILES string of the molecule is c1ccc(-c2cc(-c3ccc(N4c5ccccc5Sc5ccccc54)cc3)nc3c2ccc2oc4cc5ccccc5cc4c23)cc1. The molecule has 7 aromatic carbocycles. The van der Waals surface area contributed by atoms with Crippen LogP contribution in [0.4, 0.5) is 17.1 Å². The molecule has 1 aliphatic rings. The molecule has 9 aromatic rings. The molecule has 0 saturated carbocycles. The van der Waals surface area contributed by atoms with Crippen molar-refractivity contribution in [3.05, 3.63) is 158 Å². The van der Waals surface area contributed by atoms with Crippen LogP contribution in [0.1, 0.15) is 0 Å². The summed E-state index contributed by atoms with van der Waals surface area (Å²) >= 11 is 1.82. The predicted octanol–water partition coefficient (Wildman–Crippen LogP) is 12.6. The number of benzene rings is 7. The Morgan fingerprint density at radius 2 is 1.17 bits per heavy atom. The summed E-state index contributed by atoms with van der Waals surface area (Å²) in [6, 6.07) is 56.0. The van der Waals surface area contributed by atoms with Crippen molar-refractivity contribution in [2.75, 3.05) is 4.90 Å². The maximum atomic E-state index is 6.45. The van der Waals surface area contributed by atoms with Gasteiger partial charge >= 0.3 is 0 Å². The Balaban J connectivity index is 1.18. The molecule has 0 unspecified atom stereocenters. The van der Waals surface area contributed by atoms with Crippen LogP contribution in [-0.4, -0.2) is 4.98 Å². The van der Waals surface area contributed by atoms with E-state index < -0.39 is 0 Å². The quantitative estimate of drug-likeness (QED) is 0.197. The minimum absolute atomic E-state index is 0.849. The number of fused-ring (bicyclic) bond motifs is 8. The molecule has 0 saturated heterocycles. The highest BCUT2D eigenvalue weighted by Gasteiger charge is 2.24. The van der Waals surface area contributed by atoms with Crippen LogP contribution in [0.5, 0.6) is 0 Å². The van der Waals surface area contributed by atoms with Gasteiger partial charge in [-0.25, -0.2) is 4.98 Å². The highest BCUT2D eigenvalue weighted by molar-refractivity contribution is 7.99. The van der Waals surface area contributed by atoms with Crippen LogP contribution in [0.2, 0.25) is 0 Å². The largest absolute Gasteiger partial charge is 0.456 e. The number of furan rings is 1. The zero-order valence-electron chi connectivity index (χ0n) is 25.2. The van der Waals surface area contributed by atoms with Gasteiger partial charge in [-0.2, -0.15) is 0 Å². The summed E-state index contributed by atoms with van der Waals surface area (Å²) in [6.07, 6.45) is 0. The predicted molar refractivity (Wildman–Crippen MR) is 196 cm³/mol. The van der Waals surface area contributed by atoms with Crippen molar-refractivity contribution in [3.63, 3.8) is 0 Å². The highest BCUT2D eigenvalue weighted by atomic mass is 32.2. The molecule has 0 bridgehead atoms. The normalized spacial score (nSPS) is 12.6. The van der Waals surface area contributed by atoms with E-state index in [9.17, 15) is 0 Å². The summed E-state index contributed by atoms with van der Waals surface area (Å²) in [5.41, 5.74) is 10.5. The number of nitrogens with zero attached hydrogens (tertiary/aromatic N) is 2. The molecule has 2 aromatic heterocycles. The lowest BCUT2D eigenvalue weighted by atomic mass is 9.96. The highest BCUT2D eigenvalue weighted by Crippen LogP contribution is 2.51. The van der Waals surface area contributed by atoms with E-state index in [1.165, 1.54) is 31.9 Å². The molecule has 0 radical (unpaired) electrons. The van der Waals surface area contributed by atoms with Gasteiger partial charge < -0.3 is 9.32 Å². The first-order chi connectivity index (χ1) is 23.3. The Hall–Kier alpha value is -5.84. The van der Waals surface area contributed by atoms with Crippen molar-refractivity contribution in [1.82, 2.24) is 4.98 Å². The maximum Gasteiger partial charge on any atom is 0.137 e. The first-order valence-electron chi connectivity index (χ1n) is 15.8. The lowest BCUT2D eigenvalue weighted by molar-refractivity contribution is 0.669. The van der Waals surface area contributed by atoms with Crippen LogP contribution in [0, 0.1) is 0 Å². The van der Waals surface area contributed by atoms with E-state index in [-0.39, 0.29) is 0 Å². The summed E-state index contributed by atoms with van der Waals surface area (Å²) in [5, 5.41) is 5.61. The number of hydrogen-bond donors (Lipinski definition) is 0. The van der Waals surface area contributed by atoms with Gasteiger partial charge in [0.25, 0.3) is 0 Å². The second kappa shape index (κ2) is 10.3. The topological polar surface area (TPSA) is 29.3 Å². The number of para-hydroxylation sites is 2. The maximum absolute atomic E-state index is 6.45. The van der Waals surface area contributed by atoms with Crippen LogP contribution in [0.3, 0.4) is 0 Å². The van der Waals surface area contributed by atoms with Gasteiger partial charge in [-0.3, -0.25) is 0 Å². The molecule has 0 N–H and O–H groups in total. The van der Waals surface area contributed by atoms with E-state index in [2.05, 4.69) is 163 Å². The van der Waals surface area contributed by atoms with Gasteiger partial charge in [-0.15, -0.1) is 0 Å². The molecule has 0 fully saturated rings. The van der Waals surface area contributed by atoms with Crippen molar-refractivity contribution in [2.45, 2.75) is 9.79 Å². The van der Waals surface area contributed by atoms with Crippen molar-refractivity contribution in [3.8, 4) is 22.4 Å². The molecule has 10 rings (SSSR count). The van der Waals surface area contributed by atoms with Crippen molar-refractivity contribution >= 4 is 72.4 Å². The second-order valence-electron chi connectivity index (χ2n) is 12.0. The Bertz CT molecular complexity index is 2610. The van der Waals surface area contributed by atoms with Gasteiger partial charge in [0.2, 0.25) is 0 Å². The molecule has 3 heterocycles. The lowest BCUT2D eigenvalue weighted by Gasteiger charge is -2.32. The van der Waals surface area contributed by atoms with Crippen LogP contribution in [0.15, 0.2) is 172 Å². The number of aromatic nitrogens is 1. The number of pyridine rings is 1. The Kier molecular flexibility index (Phi) is 5.81. The monoisotopic (exact) mass is 618 g/mol. The van der Waals surface area contributed by atoms with E-state index >= 15 is 0 Å². The molecule has 1 aliphatic heterocycles. The fourth-order valence-electron chi connectivity index (χ4n) is 7.00. The van der Waals surface area contributed by atoms with E-state index in [0.717, 1.165) is 60.9 Å². The summed E-state index contributed by atoms with van der Waals surface area (Å²) < 4.78 is 6.45. The average molecular weight is 619 g/mol. The fourth-order valence-corrected chi connectivity index (χ4v) is 8.06. The third kappa shape index (κ3) is 4.19. The first-order valence-corrected chi connectivity index (χ1v) is 16.6. The number of rotatable bonds is 3. The van der Waals surface area contributed by atoms with Crippen molar-refractivity contribution in [1.29, 1.82) is 0 Å². The smallest absolute Gasteiger partial charge is 0.137 e. The first kappa shape index (κ1) is 26.4. The molecule has 0 spiro atoms. The minimum Gasteiger partial charge on any atom is -0.456 e. The van der Waals surface area contributed by atoms with Crippen molar-refractivity contribution < 1.29 is 4.42 Å². The molecule has 0 amide bonds. The molecule has 4 heteroatoms. The van der Waals surface area contributed by atoms with E-state index in [0.29, 0.717) is 0 Å². The third-order valence-corrected chi connectivity index (χ3v) is 10.3. The zero-order chi connectivity index (χ0) is 30.9. The summed E-state index contributed by atoms with van der Waals surface area (Å²) in [6.45, 7) is 0. The molecular formula is C43H26N2OS. The molecule has 0 atom stereocenters. The van der Waals surface area contributed by atoms with E-state index in [1.54, 1.807) is 0 Å². The average Bonchev–Trinajstić information content (AvgIpc) is 3.50. The molecule has 47 heavy (non-hydrogen) atoms. The second-order valence-corrected chi connectivity index (χ2v) is 13.1. The summed E-state index contributed by atoms with van der Waals surface area (Å²) in [4.78, 5) is 10.3.